The zero-order valence-electron chi connectivity index (χ0n) is 10.8. The van der Waals surface area contributed by atoms with Crippen molar-refractivity contribution in [1.29, 1.82) is 0 Å². The van der Waals surface area contributed by atoms with Gasteiger partial charge in [0.2, 0.25) is 5.91 Å². The molecule has 1 fully saturated rings. The quantitative estimate of drug-likeness (QED) is 0.874. The summed E-state index contributed by atoms with van der Waals surface area (Å²) in [5.41, 5.74) is 0.116. The number of aromatic carboxylic acids is 1. The summed E-state index contributed by atoms with van der Waals surface area (Å²) < 4.78 is 0. The van der Waals surface area contributed by atoms with E-state index in [2.05, 4.69) is 10.3 Å². The summed E-state index contributed by atoms with van der Waals surface area (Å²) in [7, 11) is 0. The lowest BCUT2D eigenvalue weighted by Gasteiger charge is -2.20. The van der Waals surface area contributed by atoms with Crippen molar-refractivity contribution in [3.63, 3.8) is 0 Å². The van der Waals surface area contributed by atoms with E-state index in [1.807, 2.05) is 0 Å². The maximum absolute atomic E-state index is 11.8. The van der Waals surface area contributed by atoms with Gasteiger partial charge in [0.15, 0.2) is 0 Å². The molecule has 2 N–H and O–H groups in total. The summed E-state index contributed by atoms with van der Waals surface area (Å²) in [6.45, 7) is 0. The van der Waals surface area contributed by atoms with Crippen LogP contribution in [0.4, 0.5) is 5.82 Å². The second kappa shape index (κ2) is 6.31. The summed E-state index contributed by atoms with van der Waals surface area (Å²) in [6, 6.07) is 2.95. The van der Waals surface area contributed by atoms with Crippen LogP contribution in [0, 0.1) is 5.92 Å². The second-order valence-corrected chi connectivity index (χ2v) is 4.99. The van der Waals surface area contributed by atoms with E-state index in [1.54, 1.807) is 0 Å². The van der Waals surface area contributed by atoms with E-state index in [0.29, 0.717) is 18.2 Å². The van der Waals surface area contributed by atoms with Crippen molar-refractivity contribution in [3.05, 3.63) is 23.9 Å². The Balaban J connectivity index is 1.85. The van der Waals surface area contributed by atoms with E-state index in [9.17, 15) is 9.59 Å². The summed E-state index contributed by atoms with van der Waals surface area (Å²) in [5, 5.41) is 11.5. The van der Waals surface area contributed by atoms with Crippen molar-refractivity contribution in [2.24, 2.45) is 5.92 Å². The van der Waals surface area contributed by atoms with Gasteiger partial charge in [-0.3, -0.25) is 4.79 Å². The van der Waals surface area contributed by atoms with Gasteiger partial charge in [0.25, 0.3) is 0 Å². The highest BCUT2D eigenvalue weighted by Crippen LogP contribution is 2.26. The summed E-state index contributed by atoms with van der Waals surface area (Å²) in [5.74, 6) is -0.173. The average molecular weight is 262 g/mol. The molecule has 0 bridgehead atoms. The number of rotatable bonds is 4. The Morgan fingerprint density at radius 1 is 1.26 bits per heavy atom. The minimum absolute atomic E-state index is 0.0394. The fraction of sp³-hybridized carbons (Fsp3) is 0.500. The topological polar surface area (TPSA) is 79.3 Å². The van der Waals surface area contributed by atoms with E-state index in [-0.39, 0.29) is 11.5 Å². The number of hydrogen-bond donors (Lipinski definition) is 2. The third-order valence-corrected chi connectivity index (χ3v) is 3.48. The van der Waals surface area contributed by atoms with Crippen LogP contribution >= 0.6 is 0 Å². The Hall–Kier alpha value is -1.91. The largest absolute Gasteiger partial charge is 0.478 e. The highest BCUT2D eigenvalue weighted by atomic mass is 16.4. The van der Waals surface area contributed by atoms with Crippen molar-refractivity contribution >= 4 is 17.7 Å². The number of hydrogen-bond acceptors (Lipinski definition) is 3. The molecule has 1 amide bonds. The van der Waals surface area contributed by atoms with Gasteiger partial charge in [0, 0.05) is 12.6 Å². The minimum Gasteiger partial charge on any atom is -0.478 e. The van der Waals surface area contributed by atoms with E-state index < -0.39 is 5.97 Å². The Morgan fingerprint density at radius 2 is 2.00 bits per heavy atom. The molecule has 0 saturated heterocycles. The van der Waals surface area contributed by atoms with E-state index in [0.717, 1.165) is 12.8 Å². The second-order valence-electron chi connectivity index (χ2n) is 4.99. The molecule has 1 aliphatic carbocycles. The fourth-order valence-electron chi connectivity index (χ4n) is 2.44. The highest BCUT2D eigenvalue weighted by molar-refractivity contribution is 5.91. The lowest BCUT2D eigenvalue weighted by molar-refractivity contribution is -0.117. The highest BCUT2D eigenvalue weighted by Gasteiger charge is 2.17. The summed E-state index contributed by atoms with van der Waals surface area (Å²) in [4.78, 5) is 26.4. The van der Waals surface area contributed by atoms with Crippen LogP contribution in [0.3, 0.4) is 0 Å². The summed E-state index contributed by atoms with van der Waals surface area (Å²) in [6.07, 6.45) is 7.72. The maximum atomic E-state index is 11.8. The van der Waals surface area contributed by atoms with Crippen molar-refractivity contribution in [3.8, 4) is 0 Å². The van der Waals surface area contributed by atoms with Crippen molar-refractivity contribution < 1.29 is 14.7 Å². The van der Waals surface area contributed by atoms with Crippen LogP contribution in [0.25, 0.3) is 0 Å². The lowest BCUT2D eigenvalue weighted by atomic mass is 9.87. The van der Waals surface area contributed by atoms with Gasteiger partial charge in [-0.15, -0.1) is 0 Å². The van der Waals surface area contributed by atoms with Crippen LogP contribution in [-0.2, 0) is 4.79 Å². The molecule has 0 spiro atoms. The number of carboxylic acid groups (broad SMARTS) is 1. The molecule has 1 aromatic heterocycles. The molecule has 0 radical (unpaired) electrons. The van der Waals surface area contributed by atoms with Gasteiger partial charge in [-0.1, -0.05) is 19.3 Å². The lowest BCUT2D eigenvalue weighted by Crippen LogP contribution is -2.18. The molecule has 102 valence electrons. The first-order valence-electron chi connectivity index (χ1n) is 6.64. The number of carboxylic acids is 1. The third-order valence-electron chi connectivity index (χ3n) is 3.48. The average Bonchev–Trinajstić information content (AvgIpc) is 2.40. The van der Waals surface area contributed by atoms with Crippen LogP contribution in [-0.4, -0.2) is 22.0 Å². The molecule has 2 rings (SSSR count). The fourth-order valence-corrected chi connectivity index (χ4v) is 2.44. The molecule has 5 heteroatoms. The molecule has 0 atom stereocenters. The van der Waals surface area contributed by atoms with Crippen LogP contribution in [0.2, 0.25) is 0 Å². The van der Waals surface area contributed by atoms with E-state index in [1.165, 1.54) is 37.6 Å². The molecule has 19 heavy (non-hydrogen) atoms. The van der Waals surface area contributed by atoms with Gasteiger partial charge in [-0.25, -0.2) is 9.78 Å². The molecule has 5 nitrogen and oxygen atoms in total. The predicted molar refractivity (Wildman–Crippen MR) is 71.0 cm³/mol. The molecule has 0 aliphatic heterocycles. The molecular formula is C14H18N2O3. The molecule has 1 aromatic rings. The van der Waals surface area contributed by atoms with Crippen LogP contribution in [0.15, 0.2) is 18.3 Å². The Kier molecular flexibility index (Phi) is 4.49. The maximum Gasteiger partial charge on any atom is 0.337 e. The van der Waals surface area contributed by atoms with Crippen molar-refractivity contribution in [2.45, 2.75) is 38.5 Å². The van der Waals surface area contributed by atoms with Crippen LogP contribution in [0.5, 0.6) is 0 Å². The number of carbonyl (C=O) groups is 2. The molecule has 1 heterocycles. The normalized spacial score (nSPS) is 16.0. The molecule has 0 aromatic carbocycles. The number of aromatic nitrogens is 1. The van der Waals surface area contributed by atoms with Crippen molar-refractivity contribution in [1.82, 2.24) is 4.98 Å². The first-order chi connectivity index (χ1) is 9.15. The molecular weight excluding hydrogens is 244 g/mol. The van der Waals surface area contributed by atoms with Gasteiger partial charge in [-0.05, 0) is 30.9 Å². The Bertz CT molecular complexity index is 450. The van der Waals surface area contributed by atoms with Gasteiger partial charge in [0.05, 0.1) is 5.56 Å². The number of carbonyl (C=O) groups excluding carboxylic acids is 1. The first-order valence-corrected chi connectivity index (χ1v) is 6.64. The monoisotopic (exact) mass is 262 g/mol. The van der Waals surface area contributed by atoms with Gasteiger partial charge in [-0.2, -0.15) is 0 Å². The zero-order valence-corrected chi connectivity index (χ0v) is 10.8. The predicted octanol–water partition coefficient (Wildman–Crippen LogP) is 2.69. The molecule has 1 saturated carbocycles. The molecule has 0 unspecified atom stereocenters. The van der Waals surface area contributed by atoms with Gasteiger partial charge in [0.1, 0.15) is 5.82 Å². The van der Waals surface area contributed by atoms with Gasteiger partial charge < -0.3 is 10.4 Å². The summed E-state index contributed by atoms with van der Waals surface area (Å²) >= 11 is 0. The van der Waals surface area contributed by atoms with Crippen molar-refractivity contribution in [2.75, 3.05) is 5.32 Å². The van der Waals surface area contributed by atoms with Crippen LogP contribution < -0.4 is 5.32 Å². The zero-order chi connectivity index (χ0) is 13.7. The van der Waals surface area contributed by atoms with Crippen LogP contribution in [0.1, 0.15) is 48.9 Å². The Morgan fingerprint density at radius 3 is 2.58 bits per heavy atom. The van der Waals surface area contributed by atoms with E-state index in [4.69, 9.17) is 5.11 Å². The van der Waals surface area contributed by atoms with E-state index >= 15 is 0 Å². The third kappa shape index (κ3) is 4.05. The number of anilines is 1. The number of nitrogens with zero attached hydrogens (tertiary/aromatic N) is 1. The Labute approximate surface area is 112 Å². The first kappa shape index (κ1) is 13.5. The number of amides is 1. The standard InChI is InChI=1S/C14H18N2O3/c17-13(8-10-4-2-1-3-5-10)16-12-7-6-11(9-15-12)14(18)19/h6-7,9-10H,1-5,8H2,(H,18,19)(H,15,16,17). The number of pyridine rings is 1. The number of nitrogens with one attached hydrogen (secondary N) is 1. The molecule has 1 aliphatic rings. The smallest absolute Gasteiger partial charge is 0.337 e. The SMILES string of the molecule is O=C(CC1CCCCC1)Nc1ccc(C(=O)O)cn1. The minimum atomic E-state index is -1.02. The van der Waals surface area contributed by atoms with Gasteiger partial charge >= 0.3 is 5.97 Å².